The van der Waals surface area contributed by atoms with E-state index in [0.717, 1.165) is 13.1 Å². The number of carbonyl (C=O) groups is 2. The Hall–Kier alpha value is -1.06. The summed E-state index contributed by atoms with van der Waals surface area (Å²) in [5.74, 6) is 0.127. The van der Waals surface area contributed by atoms with E-state index >= 15 is 0 Å². The first kappa shape index (κ1) is 10.1. The van der Waals surface area contributed by atoms with Crippen LogP contribution in [0.3, 0.4) is 0 Å². The van der Waals surface area contributed by atoms with Gasteiger partial charge in [-0.25, -0.2) is 0 Å². The molecule has 2 atom stereocenters. The highest BCUT2D eigenvalue weighted by molar-refractivity contribution is 6.05. The van der Waals surface area contributed by atoms with E-state index in [9.17, 15) is 9.59 Å². The van der Waals surface area contributed by atoms with E-state index in [4.69, 9.17) is 5.11 Å². The number of fused-ring (bicyclic) bond motifs is 1. The van der Waals surface area contributed by atoms with E-state index in [1.807, 2.05) is 0 Å². The van der Waals surface area contributed by atoms with Crippen molar-refractivity contribution in [2.75, 3.05) is 13.1 Å². The molecular weight excluding hydrogens is 206 g/mol. The minimum absolute atomic E-state index is 0.136. The Balaban J connectivity index is 1.70. The topological polar surface area (TPSA) is 57.6 Å². The molecule has 3 rings (SSSR count). The summed E-state index contributed by atoms with van der Waals surface area (Å²) >= 11 is 0. The van der Waals surface area contributed by atoms with Crippen LogP contribution in [-0.2, 0) is 9.59 Å². The normalized spacial score (nSPS) is 36.8. The van der Waals surface area contributed by atoms with Crippen LogP contribution in [-0.4, -0.2) is 35.0 Å². The third kappa shape index (κ3) is 1.05. The van der Waals surface area contributed by atoms with Crippen LogP contribution in [0.5, 0.6) is 0 Å². The lowest BCUT2D eigenvalue weighted by atomic mass is 10.0. The summed E-state index contributed by atoms with van der Waals surface area (Å²) in [6.45, 7) is 6.00. The molecule has 0 aromatic rings. The summed E-state index contributed by atoms with van der Waals surface area (Å²) in [5.41, 5.74) is -0.669. The van der Waals surface area contributed by atoms with Crippen molar-refractivity contribution in [1.82, 2.24) is 4.90 Å². The molecule has 1 N–H and O–H groups in total. The third-order valence-electron chi connectivity index (χ3n) is 4.98. The Morgan fingerprint density at radius 1 is 1.19 bits per heavy atom. The predicted molar refractivity (Wildman–Crippen MR) is 56.6 cm³/mol. The zero-order valence-electron chi connectivity index (χ0n) is 9.69. The number of amides is 1. The van der Waals surface area contributed by atoms with Crippen molar-refractivity contribution in [1.29, 1.82) is 0 Å². The second kappa shape index (κ2) is 2.60. The largest absolute Gasteiger partial charge is 0.480 e. The summed E-state index contributed by atoms with van der Waals surface area (Å²) in [6.07, 6.45) is 1.05. The smallest absolute Gasteiger partial charge is 0.319 e. The van der Waals surface area contributed by atoms with Crippen LogP contribution >= 0.6 is 0 Å². The molecule has 0 radical (unpaired) electrons. The molecule has 0 bridgehead atoms. The molecule has 0 spiro atoms. The number of hydrogen-bond donors (Lipinski definition) is 1. The number of hydrogen-bond acceptors (Lipinski definition) is 2. The first-order valence-electron chi connectivity index (χ1n) is 5.92. The van der Waals surface area contributed by atoms with Crippen LogP contribution in [0, 0.1) is 22.7 Å². The van der Waals surface area contributed by atoms with E-state index in [1.54, 1.807) is 4.90 Å². The van der Waals surface area contributed by atoms with Crippen LogP contribution in [0.2, 0.25) is 0 Å². The third-order valence-corrected chi connectivity index (χ3v) is 4.98. The fourth-order valence-corrected chi connectivity index (χ4v) is 3.24. The van der Waals surface area contributed by atoms with Gasteiger partial charge in [0.05, 0.1) is 0 Å². The molecule has 1 heterocycles. The Morgan fingerprint density at radius 3 is 2.06 bits per heavy atom. The number of carboxylic acids is 1. The summed E-state index contributed by atoms with van der Waals surface area (Å²) in [4.78, 5) is 24.9. The van der Waals surface area contributed by atoms with Crippen molar-refractivity contribution >= 4 is 11.9 Å². The molecule has 3 fully saturated rings. The summed E-state index contributed by atoms with van der Waals surface area (Å²) in [7, 11) is 0. The molecule has 2 unspecified atom stereocenters. The second-order valence-corrected chi connectivity index (χ2v) is 6.13. The van der Waals surface area contributed by atoms with Crippen LogP contribution in [0.15, 0.2) is 0 Å². The number of piperidine rings is 1. The maximum Gasteiger partial charge on any atom is 0.319 e. The van der Waals surface area contributed by atoms with Crippen molar-refractivity contribution in [3.8, 4) is 0 Å². The molecule has 0 aromatic heterocycles. The van der Waals surface area contributed by atoms with Crippen molar-refractivity contribution in [3.63, 3.8) is 0 Å². The Kier molecular flexibility index (Phi) is 1.65. The number of likely N-dealkylation sites (tertiary alicyclic amines) is 1. The number of rotatable bonds is 2. The second-order valence-electron chi connectivity index (χ2n) is 6.13. The minimum atomic E-state index is -1.04. The molecule has 4 nitrogen and oxygen atoms in total. The molecule has 3 aliphatic rings. The molecule has 1 aliphatic heterocycles. The first-order chi connectivity index (χ1) is 7.39. The fourth-order valence-electron chi connectivity index (χ4n) is 3.24. The molecule has 1 amide bonds. The van der Waals surface area contributed by atoms with Crippen molar-refractivity contribution in [2.24, 2.45) is 22.7 Å². The summed E-state index contributed by atoms with van der Waals surface area (Å²) in [5, 5.41) is 9.07. The van der Waals surface area contributed by atoms with E-state index in [1.165, 1.54) is 0 Å². The van der Waals surface area contributed by atoms with Crippen LogP contribution in [0.25, 0.3) is 0 Å². The Labute approximate surface area is 94.6 Å². The van der Waals surface area contributed by atoms with Gasteiger partial charge in [0, 0.05) is 13.1 Å². The van der Waals surface area contributed by atoms with Gasteiger partial charge in [-0.05, 0) is 30.1 Å². The lowest BCUT2D eigenvalue weighted by molar-refractivity contribution is -0.153. The van der Waals surface area contributed by atoms with Gasteiger partial charge < -0.3 is 10.0 Å². The van der Waals surface area contributed by atoms with Gasteiger partial charge in [0.15, 0.2) is 0 Å². The number of carboxylic acid groups (broad SMARTS) is 1. The molecule has 0 aromatic carbocycles. The summed E-state index contributed by atoms with van der Waals surface area (Å²) < 4.78 is 0. The van der Waals surface area contributed by atoms with Crippen molar-refractivity contribution in [3.05, 3.63) is 0 Å². The highest BCUT2D eigenvalue weighted by Gasteiger charge is 2.66. The molecule has 4 heteroatoms. The predicted octanol–water partition coefficient (Wildman–Crippen LogP) is 0.966. The number of aliphatic carboxylic acids is 1. The molecule has 2 aliphatic carbocycles. The highest BCUT2D eigenvalue weighted by atomic mass is 16.4. The molecule has 2 saturated carbocycles. The lowest BCUT2D eigenvalue weighted by Crippen LogP contribution is -2.41. The lowest BCUT2D eigenvalue weighted by Gasteiger charge is -2.24. The maximum atomic E-state index is 12.1. The Bertz CT molecular complexity index is 370. The number of nitrogens with zero attached hydrogens (tertiary/aromatic N) is 1. The van der Waals surface area contributed by atoms with Gasteiger partial charge in [0.1, 0.15) is 5.41 Å². The fraction of sp³-hybridized carbons (Fsp3) is 0.833. The van der Waals surface area contributed by atoms with Crippen LogP contribution < -0.4 is 0 Å². The van der Waals surface area contributed by atoms with Gasteiger partial charge in [0.25, 0.3) is 0 Å². The van der Waals surface area contributed by atoms with Gasteiger partial charge in [-0.2, -0.15) is 0 Å². The monoisotopic (exact) mass is 223 g/mol. The van der Waals surface area contributed by atoms with Crippen LogP contribution in [0.4, 0.5) is 0 Å². The van der Waals surface area contributed by atoms with Gasteiger partial charge >= 0.3 is 5.97 Å². The van der Waals surface area contributed by atoms with E-state index in [-0.39, 0.29) is 5.91 Å². The quantitative estimate of drug-likeness (QED) is 0.709. The van der Waals surface area contributed by atoms with Gasteiger partial charge in [-0.15, -0.1) is 0 Å². The number of carbonyl (C=O) groups excluding carboxylic acids is 1. The van der Waals surface area contributed by atoms with E-state index in [2.05, 4.69) is 13.8 Å². The average molecular weight is 223 g/mol. The minimum Gasteiger partial charge on any atom is -0.480 e. The van der Waals surface area contributed by atoms with E-state index in [0.29, 0.717) is 30.1 Å². The average Bonchev–Trinajstić information content (AvgIpc) is 3.02. The molecular formula is C12H17NO3. The maximum absolute atomic E-state index is 12.1. The Morgan fingerprint density at radius 2 is 1.69 bits per heavy atom. The van der Waals surface area contributed by atoms with Gasteiger partial charge in [-0.3, -0.25) is 9.59 Å². The highest BCUT2D eigenvalue weighted by Crippen LogP contribution is 2.63. The van der Waals surface area contributed by atoms with Crippen molar-refractivity contribution in [2.45, 2.75) is 26.7 Å². The van der Waals surface area contributed by atoms with Crippen LogP contribution in [0.1, 0.15) is 26.7 Å². The zero-order chi connectivity index (χ0) is 11.7. The zero-order valence-corrected chi connectivity index (χ0v) is 9.69. The first-order valence-corrected chi connectivity index (χ1v) is 5.92. The SMILES string of the molecule is CC1(C)C2CN(C(=O)C3(C(=O)O)CC3)CC21. The van der Waals surface area contributed by atoms with Gasteiger partial charge in [-0.1, -0.05) is 13.8 Å². The van der Waals surface area contributed by atoms with Crippen molar-refractivity contribution < 1.29 is 14.7 Å². The molecule has 1 saturated heterocycles. The molecule has 16 heavy (non-hydrogen) atoms. The van der Waals surface area contributed by atoms with Gasteiger partial charge in [0.2, 0.25) is 5.91 Å². The van der Waals surface area contributed by atoms with E-state index < -0.39 is 11.4 Å². The molecule has 88 valence electrons. The summed E-state index contributed by atoms with van der Waals surface area (Å²) in [6, 6.07) is 0. The standard InChI is InChI=1S/C12H17NO3/c1-11(2)7-5-13(6-8(7)11)9(14)12(3-4-12)10(15)16/h7-8H,3-6H2,1-2H3,(H,15,16).